The van der Waals surface area contributed by atoms with Gasteiger partial charge in [0.05, 0.1) is 17.2 Å². The van der Waals surface area contributed by atoms with Crippen LogP contribution in [0.2, 0.25) is 5.02 Å². The van der Waals surface area contributed by atoms with Crippen LogP contribution in [0, 0.1) is 9.39 Å². The molecule has 0 aliphatic carbocycles. The van der Waals surface area contributed by atoms with Crippen LogP contribution in [0.25, 0.3) is 0 Å². The summed E-state index contributed by atoms with van der Waals surface area (Å²) in [6.45, 7) is 1.99. The summed E-state index contributed by atoms with van der Waals surface area (Å²) in [6.07, 6.45) is 0. The van der Waals surface area contributed by atoms with Crippen molar-refractivity contribution in [2.75, 3.05) is 6.61 Å². The predicted octanol–water partition coefficient (Wildman–Crippen LogP) is 3.26. The maximum absolute atomic E-state index is 12.9. The molecular formula is C9H7ClFIO2. The lowest BCUT2D eigenvalue weighted by Gasteiger charge is -2.05. The van der Waals surface area contributed by atoms with Crippen molar-refractivity contribution in [2.24, 2.45) is 0 Å². The highest BCUT2D eigenvalue weighted by Gasteiger charge is 2.15. The van der Waals surface area contributed by atoms with E-state index in [9.17, 15) is 9.18 Å². The second-order valence-electron chi connectivity index (χ2n) is 2.44. The van der Waals surface area contributed by atoms with Crippen LogP contribution in [0.3, 0.4) is 0 Å². The van der Waals surface area contributed by atoms with Crippen LogP contribution in [0.4, 0.5) is 4.39 Å². The first kappa shape index (κ1) is 11.7. The minimum absolute atomic E-state index is 0.0452. The second kappa shape index (κ2) is 4.93. The first-order valence-corrected chi connectivity index (χ1v) is 5.34. The summed E-state index contributed by atoms with van der Waals surface area (Å²) in [4.78, 5) is 11.3. The molecule has 0 amide bonds. The normalized spacial score (nSPS) is 10.0. The minimum Gasteiger partial charge on any atom is -0.462 e. The Labute approximate surface area is 99.5 Å². The van der Waals surface area contributed by atoms with E-state index in [0.29, 0.717) is 9.13 Å². The monoisotopic (exact) mass is 328 g/mol. The van der Waals surface area contributed by atoms with Gasteiger partial charge in [0, 0.05) is 3.57 Å². The molecule has 0 fully saturated rings. The summed E-state index contributed by atoms with van der Waals surface area (Å²) in [5, 5.41) is -0.0452. The van der Waals surface area contributed by atoms with Gasteiger partial charge in [0.2, 0.25) is 0 Å². The molecule has 14 heavy (non-hydrogen) atoms. The smallest absolute Gasteiger partial charge is 0.339 e. The molecule has 0 aliphatic rings. The molecule has 0 aromatic heterocycles. The third-order valence-electron chi connectivity index (χ3n) is 1.53. The van der Waals surface area contributed by atoms with Gasteiger partial charge in [-0.25, -0.2) is 9.18 Å². The zero-order valence-electron chi connectivity index (χ0n) is 7.31. The van der Waals surface area contributed by atoms with E-state index in [0.717, 1.165) is 6.07 Å². The predicted molar refractivity (Wildman–Crippen MR) is 60.1 cm³/mol. The zero-order valence-corrected chi connectivity index (χ0v) is 10.2. The quantitative estimate of drug-likeness (QED) is 0.473. The van der Waals surface area contributed by atoms with Gasteiger partial charge in [-0.1, -0.05) is 11.6 Å². The van der Waals surface area contributed by atoms with Gasteiger partial charge in [0.25, 0.3) is 0 Å². The molecule has 2 nitrogen and oxygen atoms in total. The Bertz CT molecular complexity index is 368. The SMILES string of the molecule is CCOC(=O)c1ccc(F)c(Cl)c1I. The summed E-state index contributed by atoms with van der Waals surface area (Å²) in [5.74, 6) is -1.03. The van der Waals surface area contributed by atoms with Crippen LogP contribution in [0.1, 0.15) is 17.3 Å². The number of rotatable bonds is 2. The highest BCUT2D eigenvalue weighted by molar-refractivity contribution is 14.1. The van der Waals surface area contributed by atoms with Crippen molar-refractivity contribution < 1.29 is 13.9 Å². The van der Waals surface area contributed by atoms with Crippen LogP contribution in [-0.4, -0.2) is 12.6 Å². The number of hydrogen-bond donors (Lipinski definition) is 0. The topological polar surface area (TPSA) is 26.3 Å². The van der Waals surface area contributed by atoms with Crippen LogP contribution >= 0.6 is 34.2 Å². The van der Waals surface area contributed by atoms with Crippen LogP contribution < -0.4 is 0 Å². The average molecular weight is 329 g/mol. The van der Waals surface area contributed by atoms with Crippen molar-refractivity contribution in [3.05, 3.63) is 32.1 Å². The fraction of sp³-hybridized carbons (Fsp3) is 0.222. The number of carbonyl (C=O) groups excluding carboxylic acids is 1. The first-order valence-electron chi connectivity index (χ1n) is 3.88. The summed E-state index contributed by atoms with van der Waals surface area (Å²) in [6, 6.07) is 2.51. The van der Waals surface area contributed by atoms with Gasteiger partial charge >= 0.3 is 5.97 Å². The molecule has 0 bridgehead atoms. The molecule has 0 atom stereocenters. The number of benzene rings is 1. The summed E-state index contributed by atoms with van der Waals surface area (Å²) >= 11 is 7.45. The largest absolute Gasteiger partial charge is 0.462 e. The highest BCUT2D eigenvalue weighted by Crippen LogP contribution is 2.25. The fourth-order valence-corrected chi connectivity index (χ4v) is 1.71. The Morgan fingerprint density at radius 2 is 2.29 bits per heavy atom. The van der Waals surface area contributed by atoms with E-state index in [4.69, 9.17) is 16.3 Å². The van der Waals surface area contributed by atoms with Gasteiger partial charge in [0.1, 0.15) is 5.82 Å². The van der Waals surface area contributed by atoms with Crippen LogP contribution in [-0.2, 0) is 4.74 Å². The molecule has 0 N–H and O–H groups in total. The molecular weight excluding hydrogens is 321 g/mol. The number of esters is 1. The van der Waals surface area contributed by atoms with E-state index >= 15 is 0 Å². The third kappa shape index (κ3) is 2.36. The number of carbonyl (C=O) groups is 1. The van der Waals surface area contributed by atoms with Gasteiger partial charge in [-0.15, -0.1) is 0 Å². The lowest BCUT2D eigenvalue weighted by Crippen LogP contribution is -2.07. The van der Waals surface area contributed by atoms with Gasteiger partial charge in [-0.05, 0) is 41.6 Å². The number of hydrogen-bond acceptors (Lipinski definition) is 2. The molecule has 5 heteroatoms. The summed E-state index contributed by atoms with van der Waals surface area (Å²) in [7, 11) is 0. The van der Waals surface area contributed by atoms with Crippen molar-refractivity contribution in [3.8, 4) is 0 Å². The average Bonchev–Trinajstić information content (AvgIpc) is 2.15. The zero-order chi connectivity index (χ0) is 10.7. The molecule has 0 spiro atoms. The maximum Gasteiger partial charge on any atom is 0.339 e. The van der Waals surface area contributed by atoms with Crippen molar-refractivity contribution in [2.45, 2.75) is 6.92 Å². The lowest BCUT2D eigenvalue weighted by molar-refractivity contribution is 0.0525. The van der Waals surface area contributed by atoms with Gasteiger partial charge in [-0.2, -0.15) is 0 Å². The van der Waals surface area contributed by atoms with E-state index in [1.807, 2.05) is 22.6 Å². The lowest BCUT2D eigenvalue weighted by atomic mass is 10.2. The molecule has 76 valence electrons. The maximum atomic E-state index is 12.9. The molecule has 1 rings (SSSR count). The van der Waals surface area contributed by atoms with Crippen LogP contribution in [0.15, 0.2) is 12.1 Å². The van der Waals surface area contributed by atoms with E-state index in [2.05, 4.69) is 0 Å². The van der Waals surface area contributed by atoms with Crippen molar-refractivity contribution in [1.29, 1.82) is 0 Å². The summed E-state index contributed by atoms with van der Waals surface area (Å²) < 4.78 is 18.1. The molecule has 0 radical (unpaired) electrons. The van der Waals surface area contributed by atoms with Crippen molar-refractivity contribution in [1.82, 2.24) is 0 Å². The fourth-order valence-electron chi connectivity index (χ4n) is 0.892. The highest BCUT2D eigenvalue weighted by atomic mass is 127. The molecule has 1 aromatic carbocycles. The Kier molecular flexibility index (Phi) is 4.12. The van der Waals surface area contributed by atoms with E-state index in [1.54, 1.807) is 6.92 Å². The van der Waals surface area contributed by atoms with E-state index < -0.39 is 11.8 Å². The van der Waals surface area contributed by atoms with Crippen LogP contribution in [0.5, 0.6) is 0 Å². The summed E-state index contributed by atoms with van der Waals surface area (Å²) in [5.41, 5.74) is 0.291. The van der Waals surface area contributed by atoms with Gasteiger partial charge in [-0.3, -0.25) is 0 Å². The molecule has 0 aliphatic heterocycles. The standard InChI is InChI=1S/C9H7ClFIO2/c1-2-14-9(13)5-3-4-6(11)7(10)8(5)12/h3-4H,2H2,1H3. The van der Waals surface area contributed by atoms with Gasteiger partial charge < -0.3 is 4.74 Å². The minimum atomic E-state index is -0.538. The van der Waals surface area contributed by atoms with Gasteiger partial charge in [0.15, 0.2) is 0 Å². The molecule has 0 saturated heterocycles. The molecule has 1 aromatic rings. The Morgan fingerprint density at radius 1 is 1.64 bits per heavy atom. The third-order valence-corrected chi connectivity index (χ3v) is 3.34. The molecule has 0 saturated carbocycles. The van der Waals surface area contributed by atoms with E-state index in [1.165, 1.54) is 6.07 Å². The number of ether oxygens (including phenoxy) is 1. The molecule has 0 heterocycles. The van der Waals surface area contributed by atoms with E-state index in [-0.39, 0.29) is 11.6 Å². The Balaban J connectivity index is 3.11. The van der Waals surface area contributed by atoms with Crippen molar-refractivity contribution in [3.63, 3.8) is 0 Å². The number of halogens is 3. The Hall–Kier alpha value is -0.360. The molecule has 0 unspecified atom stereocenters. The van der Waals surface area contributed by atoms with Crippen molar-refractivity contribution >= 4 is 40.2 Å². The first-order chi connectivity index (χ1) is 6.57. The second-order valence-corrected chi connectivity index (χ2v) is 3.90. The Morgan fingerprint density at radius 3 is 2.86 bits per heavy atom.